The summed E-state index contributed by atoms with van der Waals surface area (Å²) in [5, 5.41) is 9.80. The van der Waals surface area contributed by atoms with Crippen LogP contribution in [0.5, 0.6) is 0 Å². The molecule has 0 spiro atoms. The van der Waals surface area contributed by atoms with Crippen LogP contribution in [0.25, 0.3) is 0 Å². The third kappa shape index (κ3) is 6.04. The zero-order chi connectivity index (χ0) is 15.1. The number of hydrogen-bond acceptors (Lipinski definition) is 2. The van der Waals surface area contributed by atoms with Gasteiger partial charge in [0.05, 0.1) is 13.1 Å². The predicted octanol–water partition coefficient (Wildman–Crippen LogP) is 1.67. The number of hydrogen-bond donors (Lipinski definition) is 3. The Balaban J connectivity index is 1.82. The fourth-order valence-electron chi connectivity index (χ4n) is 1.77. The van der Waals surface area contributed by atoms with E-state index in [1.54, 1.807) is 0 Å². The van der Waals surface area contributed by atoms with Crippen molar-refractivity contribution in [1.29, 1.82) is 0 Å². The Labute approximate surface area is 130 Å². The summed E-state index contributed by atoms with van der Waals surface area (Å²) in [6.45, 7) is 3.51. The molecule has 2 rings (SSSR count). The highest BCUT2D eigenvalue weighted by molar-refractivity contribution is 6.30. The Morgan fingerprint density at radius 3 is 2.62 bits per heavy atom. The van der Waals surface area contributed by atoms with Gasteiger partial charge in [-0.1, -0.05) is 23.7 Å². The number of aliphatic imine (C=N–C) groups is 1. The average molecular weight is 309 g/mol. The van der Waals surface area contributed by atoms with E-state index >= 15 is 0 Å². The Bertz CT molecular complexity index is 497. The second-order valence-corrected chi connectivity index (χ2v) is 5.45. The molecule has 1 fully saturated rings. The van der Waals surface area contributed by atoms with E-state index in [1.165, 1.54) is 0 Å². The lowest BCUT2D eigenvalue weighted by Crippen LogP contribution is -2.43. The topological polar surface area (TPSA) is 65.5 Å². The molecular formula is C15H21ClN4O. The van der Waals surface area contributed by atoms with Gasteiger partial charge in [0.15, 0.2) is 5.96 Å². The molecule has 0 atom stereocenters. The van der Waals surface area contributed by atoms with Gasteiger partial charge in [0, 0.05) is 17.6 Å². The molecule has 1 aromatic rings. The molecule has 3 N–H and O–H groups in total. The van der Waals surface area contributed by atoms with Crippen molar-refractivity contribution in [2.75, 3.05) is 13.1 Å². The Morgan fingerprint density at radius 1 is 1.29 bits per heavy atom. The van der Waals surface area contributed by atoms with E-state index in [2.05, 4.69) is 20.9 Å². The van der Waals surface area contributed by atoms with Gasteiger partial charge in [-0.05, 0) is 37.5 Å². The van der Waals surface area contributed by atoms with E-state index in [4.69, 9.17) is 11.6 Å². The molecule has 21 heavy (non-hydrogen) atoms. The van der Waals surface area contributed by atoms with E-state index in [1.807, 2.05) is 31.2 Å². The molecule has 5 nitrogen and oxygen atoms in total. The summed E-state index contributed by atoms with van der Waals surface area (Å²) in [5.74, 6) is 0.646. The van der Waals surface area contributed by atoms with Crippen LogP contribution in [0.3, 0.4) is 0 Å². The minimum Gasteiger partial charge on any atom is -0.357 e. The summed E-state index contributed by atoms with van der Waals surface area (Å²) in [4.78, 5) is 16.1. The van der Waals surface area contributed by atoms with Crippen molar-refractivity contribution in [1.82, 2.24) is 16.0 Å². The molecule has 1 aliphatic carbocycles. The zero-order valence-electron chi connectivity index (χ0n) is 12.2. The Hall–Kier alpha value is -1.75. The third-order valence-electron chi connectivity index (χ3n) is 3.04. The van der Waals surface area contributed by atoms with Crippen LogP contribution in [-0.2, 0) is 11.3 Å². The van der Waals surface area contributed by atoms with E-state index in [0.29, 0.717) is 23.6 Å². The minimum atomic E-state index is 0.00889. The number of amides is 1. The summed E-state index contributed by atoms with van der Waals surface area (Å²) in [6, 6.07) is 7.95. The highest BCUT2D eigenvalue weighted by Gasteiger charge is 2.22. The lowest BCUT2D eigenvalue weighted by Gasteiger charge is -2.11. The standard InChI is InChI=1S/C15H21ClN4O/c1-2-17-15(19-10-14(21)20-13-7-8-13)18-9-11-3-5-12(16)6-4-11/h3-6,13H,2,7-10H2,1H3,(H,20,21)(H2,17,18,19). The maximum Gasteiger partial charge on any atom is 0.239 e. The summed E-state index contributed by atoms with van der Waals surface area (Å²) < 4.78 is 0. The van der Waals surface area contributed by atoms with Crippen LogP contribution in [0.2, 0.25) is 5.02 Å². The predicted molar refractivity (Wildman–Crippen MR) is 85.4 cm³/mol. The fraction of sp³-hybridized carbons (Fsp3) is 0.467. The van der Waals surface area contributed by atoms with Gasteiger partial charge in [0.1, 0.15) is 0 Å². The molecule has 1 saturated carbocycles. The lowest BCUT2D eigenvalue weighted by atomic mass is 10.2. The molecule has 6 heteroatoms. The van der Waals surface area contributed by atoms with Gasteiger partial charge in [-0.2, -0.15) is 0 Å². The molecule has 0 heterocycles. The molecule has 0 aromatic heterocycles. The fourth-order valence-corrected chi connectivity index (χ4v) is 1.90. The van der Waals surface area contributed by atoms with E-state index in [-0.39, 0.29) is 12.5 Å². The van der Waals surface area contributed by atoms with Crippen molar-refractivity contribution in [3.8, 4) is 0 Å². The second kappa shape index (κ2) is 7.88. The molecule has 1 aromatic carbocycles. The van der Waals surface area contributed by atoms with Gasteiger partial charge in [-0.25, -0.2) is 4.99 Å². The SMILES string of the molecule is CCNC(=NCc1ccc(Cl)cc1)NCC(=O)NC1CC1. The summed E-state index contributed by atoms with van der Waals surface area (Å²) in [7, 11) is 0. The maximum absolute atomic E-state index is 11.6. The molecule has 0 bridgehead atoms. The molecule has 114 valence electrons. The number of rotatable bonds is 6. The minimum absolute atomic E-state index is 0.00889. The molecule has 0 radical (unpaired) electrons. The molecule has 1 amide bonds. The first-order valence-corrected chi connectivity index (χ1v) is 7.61. The smallest absolute Gasteiger partial charge is 0.239 e. The van der Waals surface area contributed by atoms with Crippen LogP contribution < -0.4 is 16.0 Å². The van der Waals surface area contributed by atoms with E-state index < -0.39 is 0 Å². The average Bonchev–Trinajstić information content (AvgIpc) is 3.27. The van der Waals surface area contributed by atoms with Crippen molar-refractivity contribution in [3.05, 3.63) is 34.9 Å². The van der Waals surface area contributed by atoms with E-state index in [0.717, 1.165) is 24.9 Å². The van der Waals surface area contributed by atoms with Crippen molar-refractivity contribution in [3.63, 3.8) is 0 Å². The highest BCUT2D eigenvalue weighted by atomic mass is 35.5. The van der Waals surface area contributed by atoms with Crippen LogP contribution in [0.4, 0.5) is 0 Å². The maximum atomic E-state index is 11.6. The van der Waals surface area contributed by atoms with Gasteiger partial charge in [0.25, 0.3) is 0 Å². The second-order valence-electron chi connectivity index (χ2n) is 5.02. The van der Waals surface area contributed by atoms with Gasteiger partial charge >= 0.3 is 0 Å². The Kier molecular flexibility index (Phi) is 5.87. The molecule has 0 unspecified atom stereocenters. The van der Waals surface area contributed by atoms with Gasteiger partial charge in [0.2, 0.25) is 5.91 Å². The van der Waals surface area contributed by atoms with Crippen LogP contribution in [0, 0.1) is 0 Å². The van der Waals surface area contributed by atoms with Gasteiger partial charge < -0.3 is 16.0 Å². The largest absolute Gasteiger partial charge is 0.357 e. The van der Waals surface area contributed by atoms with Crippen LogP contribution in [0.15, 0.2) is 29.3 Å². The van der Waals surface area contributed by atoms with Crippen LogP contribution >= 0.6 is 11.6 Å². The highest BCUT2D eigenvalue weighted by Crippen LogP contribution is 2.18. The number of guanidine groups is 1. The van der Waals surface area contributed by atoms with Crippen molar-refractivity contribution < 1.29 is 4.79 Å². The normalized spacial score (nSPS) is 14.7. The number of nitrogens with zero attached hydrogens (tertiary/aromatic N) is 1. The zero-order valence-corrected chi connectivity index (χ0v) is 12.9. The summed E-state index contributed by atoms with van der Waals surface area (Å²) in [6.07, 6.45) is 2.19. The number of carbonyl (C=O) groups excluding carboxylic acids is 1. The van der Waals surface area contributed by atoms with Crippen molar-refractivity contribution >= 4 is 23.5 Å². The Morgan fingerprint density at radius 2 is 2.00 bits per heavy atom. The number of carbonyl (C=O) groups is 1. The first kappa shape index (κ1) is 15.6. The van der Waals surface area contributed by atoms with Crippen molar-refractivity contribution in [2.45, 2.75) is 32.4 Å². The quantitative estimate of drug-likeness (QED) is 0.553. The molecule has 0 saturated heterocycles. The van der Waals surface area contributed by atoms with Gasteiger partial charge in [-0.15, -0.1) is 0 Å². The number of halogens is 1. The first-order valence-electron chi connectivity index (χ1n) is 7.23. The monoisotopic (exact) mass is 308 g/mol. The first-order chi connectivity index (χ1) is 10.2. The van der Waals surface area contributed by atoms with E-state index in [9.17, 15) is 4.79 Å². The van der Waals surface area contributed by atoms with Crippen molar-refractivity contribution in [2.24, 2.45) is 4.99 Å². The number of nitrogens with one attached hydrogen (secondary N) is 3. The van der Waals surface area contributed by atoms with Crippen LogP contribution in [0.1, 0.15) is 25.3 Å². The van der Waals surface area contributed by atoms with Gasteiger partial charge in [-0.3, -0.25) is 4.79 Å². The molecular weight excluding hydrogens is 288 g/mol. The summed E-state index contributed by atoms with van der Waals surface area (Å²) >= 11 is 5.85. The molecule has 1 aliphatic rings. The molecule has 0 aliphatic heterocycles. The summed E-state index contributed by atoms with van der Waals surface area (Å²) in [5.41, 5.74) is 1.07. The number of benzene rings is 1. The lowest BCUT2D eigenvalue weighted by molar-refractivity contribution is -0.120. The van der Waals surface area contributed by atoms with Crippen LogP contribution in [-0.4, -0.2) is 31.0 Å². The third-order valence-corrected chi connectivity index (χ3v) is 3.29.